The van der Waals surface area contributed by atoms with Crippen LogP contribution in [0.15, 0.2) is 24.3 Å². The molecule has 0 heterocycles. The predicted molar refractivity (Wildman–Crippen MR) is 72.7 cm³/mol. The van der Waals surface area contributed by atoms with Gasteiger partial charge in [-0.15, -0.1) is 0 Å². The number of hydrogen-bond donors (Lipinski definition) is 2. The molecule has 3 nitrogen and oxygen atoms in total. The Morgan fingerprint density at radius 1 is 1.18 bits per heavy atom. The van der Waals surface area contributed by atoms with E-state index in [9.17, 15) is 5.11 Å². The van der Waals surface area contributed by atoms with Crippen molar-refractivity contribution in [1.29, 1.82) is 0 Å². The van der Waals surface area contributed by atoms with Gasteiger partial charge in [-0.05, 0) is 37.1 Å². The third kappa shape index (κ3) is 3.13. The van der Waals surface area contributed by atoms with Gasteiger partial charge in [-0.2, -0.15) is 0 Å². The van der Waals surface area contributed by atoms with Crippen LogP contribution in [0.25, 0.3) is 0 Å². The van der Waals surface area contributed by atoms with Crippen molar-refractivity contribution in [1.82, 2.24) is 0 Å². The number of benzene rings is 1. The van der Waals surface area contributed by atoms with Crippen molar-refractivity contribution in [3.8, 4) is 0 Å². The van der Waals surface area contributed by atoms with Crippen molar-refractivity contribution in [3.63, 3.8) is 0 Å². The average molecular weight is 234 g/mol. The maximum Gasteiger partial charge on any atom is 0.0819 e. The summed E-state index contributed by atoms with van der Waals surface area (Å²) in [4.78, 5) is 2.08. The smallest absolute Gasteiger partial charge is 0.0819 e. The van der Waals surface area contributed by atoms with Crippen molar-refractivity contribution < 1.29 is 5.11 Å². The number of nitrogens with zero attached hydrogens (tertiary/aromatic N) is 1. The summed E-state index contributed by atoms with van der Waals surface area (Å²) in [5.74, 6) is 0. The standard InChI is InChI=1S/C14H22N2O/c1-16(2)13-7-5-12(6-8-13)15-11-14(17)9-3-4-10-14/h5-8,15,17H,3-4,9-11H2,1-2H3. The molecule has 1 aliphatic rings. The predicted octanol–water partition coefficient (Wildman–Crippen LogP) is 2.47. The van der Waals surface area contributed by atoms with E-state index in [0.717, 1.165) is 31.4 Å². The van der Waals surface area contributed by atoms with Gasteiger partial charge in [0, 0.05) is 32.0 Å². The maximum atomic E-state index is 10.2. The normalized spacial score (nSPS) is 18.1. The highest BCUT2D eigenvalue weighted by Crippen LogP contribution is 2.29. The van der Waals surface area contributed by atoms with Gasteiger partial charge < -0.3 is 15.3 Å². The molecule has 94 valence electrons. The van der Waals surface area contributed by atoms with Crippen molar-refractivity contribution in [2.24, 2.45) is 0 Å². The zero-order chi connectivity index (χ0) is 12.3. The number of aliphatic hydroxyl groups is 1. The molecule has 0 spiro atoms. The Kier molecular flexibility index (Phi) is 3.57. The minimum absolute atomic E-state index is 0.486. The van der Waals surface area contributed by atoms with Gasteiger partial charge in [-0.25, -0.2) is 0 Å². The molecule has 1 fully saturated rings. The molecule has 0 aromatic heterocycles. The molecule has 0 bridgehead atoms. The Labute approximate surface area is 103 Å². The van der Waals surface area contributed by atoms with Gasteiger partial charge in [0.15, 0.2) is 0 Å². The molecule has 2 rings (SSSR count). The van der Waals surface area contributed by atoms with E-state index in [2.05, 4.69) is 34.5 Å². The van der Waals surface area contributed by atoms with E-state index in [4.69, 9.17) is 0 Å². The fourth-order valence-corrected chi connectivity index (χ4v) is 2.35. The number of rotatable bonds is 4. The molecule has 1 aromatic carbocycles. The molecule has 2 N–H and O–H groups in total. The molecule has 0 atom stereocenters. The molecule has 1 aromatic rings. The molecule has 0 unspecified atom stereocenters. The van der Waals surface area contributed by atoms with Gasteiger partial charge in [0.05, 0.1) is 5.60 Å². The van der Waals surface area contributed by atoms with Gasteiger partial charge in [0.1, 0.15) is 0 Å². The van der Waals surface area contributed by atoms with Crippen LogP contribution in [-0.2, 0) is 0 Å². The van der Waals surface area contributed by atoms with Crippen molar-refractivity contribution in [2.45, 2.75) is 31.3 Å². The second kappa shape index (κ2) is 4.96. The largest absolute Gasteiger partial charge is 0.388 e. The van der Waals surface area contributed by atoms with Crippen LogP contribution in [-0.4, -0.2) is 31.3 Å². The molecule has 0 radical (unpaired) electrons. The highest BCUT2D eigenvalue weighted by Gasteiger charge is 2.30. The van der Waals surface area contributed by atoms with E-state index >= 15 is 0 Å². The third-order valence-corrected chi connectivity index (χ3v) is 3.54. The summed E-state index contributed by atoms with van der Waals surface area (Å²) in [5, 5.41) is 13.5. The summed E-state index contributed by atoms with van der Waals surface area (Å²) in [6.07, 6.45) is 4.15. The maximum absolute atomic E-state index is 10.2. The highest BCUT2D eigenvalue weighted by molar-refractivity contribution is 5.54. The van der Waals surface area contributed by atoms with Crippen LogP contribution in [0.2, 0.25) is 0 Å². The quantitative estimate of drug-likeness (QED) is 0.840. The Balaban J connectivity index is 1.90. The number of nitrogens with one attached hydrogen (secondary N) is 1. The summed E-state index contributed by atoms with van der Waals surface area (Å²) in [6.45, 7) is 0.661. The van der Waals surface area contributed by atoms with Crippen LogP contribution in [0.1, 0.15) is 25.7 Å². The van der Waals surface area contributed by atoms with Crippen molar-refractivity contribution in [2.75, 3.05) is 30.9 Å². The minimum atomic E-state index is -0.486. The van der Waals surface area contributed by atoms with E-state index in [-0.39, 0.29) is 0 Å². The first kappa shape index (κ1) is 12.2. The van der Waals surface area contributed by atoms with Crippen LogP contribution in [0.3, 0.4) is 0 Å². The first-order chi connectivity index (χ1) is 8.09. The van der Waals surface area contributed by atoms with E-state index in [1.54, 1.807) is 0 Å². The molecule has 17 heavy (non-hydrogen) atoms. The van der Waals surface area contributed by atoms with E-state index in [0.29, 0.717) is 6.54 Å². The zero-order valence-electron chi connectivity index (χ0n) is 10.7. The van der Waals surface area contributed by atoms with Gasteiger partial charge in [0.25, 0.3) is 0 Å². The van der Waals surface area contributed by atoms with Gasteiger partial charge in [-0.3, -0.25) is 0 Å². The second-order valence-electron chi connectivity index (χ2n) is 5.23. The Morgan fingerprint density at radius 3 is 2.29 bits per heavy atom. The molecule has 1 saturated carbocycles. The van der Waals surface area contributed by atoms with Gasteiger partial charge >= 0.3 is 0 Å². The van der Waals surface area contributed by atoms with Crippen LogP contribution in [0.4, 0.5) is 11.4 Å². The second-order valence-corrected chi connectivity index (χ2v) is 5.23. The Hall–Kier alpha value is -1.22. The van der Waals surface area contributed by atoms with Gasteiger partial charge in [-0.1, -0.05) is 12.8 Å². The minimum Gasteiger partial charge on any atom is -0.388 e. The zero-order valence-corrected chi connectivity index (χ0v) is 10.7. The third-order valence-electron chi connectivity index (χ3n) is 3.54. The van der Waals surface area contributed by atoms with Gasteiger partial charge in [0.2, 0.25) is 0 Å². The van der Waals surface area contributed by atoms with E-state index in [1.807, 2.05) is 14.1 Å². The van der Waals surface area contributed by atoms with Crippen LogP contribution in [0.5, 0.6) is 0 Å². The summed E-state index contributed by atoms with van der Waals surface area (Å²) < 4.78 is 0. The summed E-state index contributed by atoms with van der Waals surface area (Å²) in [7, 11) is 4.06. The van der Waals surface area contributed by atoms with Crippen molar-refractivity contribution in [3.05, 3.63) is 24.3 Å². The first-order valence-corrected chi connectivity index (χ1v) is 6.33. The van der Waals surface area contributed by atoms with Crippen LogP contribution in [0, 0.1) is 0 Å². The Morgan fingerprint density at radius 2 is 1.76 bits per heavy atom. The SMILES string of the molecule is CN(C)c1ccc(NCC2(O)CCCC2)cc1. The summed E-state index contributed by atoms with van der Waals surface area (Å²) in [5.41, 5.74) is 1.78. The lowest BCUT2D eigenvalue weighted by Gasteiger charge is -2.23. The lowest BCUT2D eigenvalue weighted by molar-refractivity contribution is 0.0615. The molecular weight excluding hydrogens is 212 g/mol. The summed E-state index contributed by atoms with van der Waals surface area (Å²) >= 11 is 0. The molecule has 1 aliphatic carbocycles. The fourth-order valence-electron chi connectivity index (χ4n) is 2.35. The Bertz CT molecular complexity index is 353. The fraction of sp³-hybridized carbons (Fsp3) is 0.571. The summed E-state index contributed by atoms with van der Waals surface area (Å²) in [6, 6.07) is 8.29. The lowest BCUT2D eigenvalue weighted by Crippen LogP contribution is -2.33. The van der Waals surface area contributed by atoms with Crippen LogP contribution >= 0.6 is 0 Å². The molecule has 0 aliphatic heterocycles. The number of hydrogen-bond acceptors (Lipinski definition) is 3. The van der Waals surface area contributed by atoms with E-state index < -0.39 is 5.60 Å². The average Bonchev–Trinajstić information content (AvgIpc) is 2.75. The molecule has 3 heteroatoms. The molecule has 0 amide bonds. The van der Waals surface area contributed by atoms with Crippen LogP contribution < -0.4 is 10.2 Å². The highest BCUT2D eigenvalue weighted by atomic mass is 16.3. The first-order valence-electron chi connectivity index (χ1n) is 6.33. The topological polar surface area (TPSA) is 35.5 Å². The molecule has 0 saturated heterocycles. The molecular formula is C14H22N2O. The lowest BCUT2D eigenvalue weighted by atomic mass is 10.0. The van der Waals surface area contributed by atoms with E-state index in [1.165, 1.54) is 5.69 Å². The van der Waals surface area contributed by atoms with Crippen molar-refractivity contribution >= 4 is 11.4 Å². The monoisotopic (exact) mass is 234 g/mol. The number of anilines is 2.